The fraction of sp³-hybridized carbons (Fsp3) is 0.857. The van der Waals surface area contributed by atoms with Crippen molar-refractivity contribution >= 4 is 11.3 Å². The van der Waals surface area contributed by atoms with Gasteiger partial charge in [-0.05, 0) is 30.7 Å². The van der Waals surface area contributed by atoms with Crippen molar-refractivity contribution in [2.24, 2.45) is 10.8 Å². The minimum atomic E-state index is 0.321. The third-order valence-corrected chi connectivity index (χ3v) is 5.97. The molecule has 1 aromatic heterocycles. The van der Waals surface area contributed by atoms with Crippen molar-refractivity contribution in [2.45, 2.75) is 59.9 Å². The van der Waals surface area contributed by atoms with Crippen LogP contribution in [-0.2, 0) is 0 Å². The summed E-state index contributed by atoms with van der Waals surface area (Å²) in [7, 11) is 0. The standard InChI is InChI=1S/C14H25N3S/c1-7-8-15-9(2)11-16-17-12(18-11)10-13(3,4)14(10,5)6/h9-10,15H,7-8H2,1-6H3. The van der Waals surface area contributed by atoms with Crippen LogP contribution in [0.3, 0.4) is 0 Å². The van der Waals surface area contributed by atoms with Crippen molar-refractivity contribution in [1.82, 2.24) is 15.5 Å². The summed E-state index contributed by atoms with van der Waals surface area (Å²) in [5.41, 5.74) is 0.702. The number of nitrogens with zero attached hydrogens (tertiary/aromatic N) is 2. The lowest BCUT2D eigenvalue weighted by molar-refractivity contribution is 0.457. The van der Waals surface area contributed by atoms with Crippen molar-refractivity contribution in [3.63, 3.8) is 0 Å². The third-order valence-electron chi connectivity index (χ3n) is 4.79. The molecular formula is C14H25N3S. The Balaban J connectivity index is 2.08. The second kappa shape index (κ2) is 4.57. The number of rotatable bonds is 5. The molecule has 102 valence electrons. The van der Waals surface area contributed by atoms with Crippen LogP contribution < -0.4 is 5.32 Å². The maximum absolute atomic E-state index is 4.43. The van der Waals surface area contributed by atoms with Crippen LogP contribution in [0.25, 0.3) is 0 Å². The molecule has 1 aliphatic rings. The summed E-state index contributed by atoms with van der Waals surface area (Å²) in [4.78, 5) is 0. The van der Waals surface area contributed by atoms with E-state index in [1.54, 1.807) is 11.3 Å². The fourth-order valence-electron chi connectivity index (χ4n) is 2.80. The van der Waals surface area contributed by atoms with Crippen LogP contribution in [-0.4, -0.2) is 16.7 Å². The second-order valence-electron chi connectivity index (χ2n) is 6.53. The molecule has 18 heavy (non-hydrogen) atoms. The maximum atomic E-state index is 4.43. The molecule has 0 spiro atoms. The molecule has 3 nitrogen and oxygen atoms in total. The number of nitrogens with one attached hydrogen (secondary N) is 1. The molecule has 2 rings (SSSR count). The van der Waals surface area contributed by atoms with Gasteiger partial charge < -0.3 is 5.32 Å². The molecule has 1 fully saturated rings. The highest BCUT2D eigenvalue weighted by molar-refractivity contribution is 7.11. The minimum Gasteiger partial charge on any atom is -0.308 e. The van der Waals surface area contributed by atoms with Gasteiger partial charge in [-0.15, -0.1) is 10.2 Å². The lowest BCUT2D eigenvalue weighted by Gasteiger charge is -2.08. The normalized spacial score (nSPS) is 23.0. The molecule has 4 heteroatoms. The Morgan fingerprint density at radius 2 is 1.83 bits per heavy atom. The average Bonchev–Trinajstić information content (AvgIpc) is 2.69. The Kier molecular flexibility index (Phi) is 3.54. The summed E-state index contributed by atoms with van der Waals surface area (Å²) in [5.74, 6) is 0.564. The Bertz CT molecular complexity index is 408. The van der Waals surface area contributed by atoms with Crippen LogP contribution in [0.5, 0.6) is 0 Å². The molecular weight excluding hydrogens is 242 g/mol. The van der Waals surface area contributed by atoms with Crippen LogP contribution in [0.1, 0.15) is 69.9 Å². The van der Waals surface area contributed by atoms with Gasteiger partial charge in [0, 0.05) is 5.92 Å². The first kappa shape index (κ1) is 13.9. The van der Waals surface area contributed by atoms with Crippen molar-refractivity contribution < 1.29 is 0 Å². The van der Waals surface area contributed by atoms with Gasteiger partial charge in [-0.3, -0.25) is 0 Å². The summed E-state index contributed by atoms with van der Waals surface area (Å²) < 4.78 is 0. The smallest absolute Gasteiger partial charge is 0.134 e. The molecule has 1 heterocycles. The van der Waals surface area contributed by atoms with E-state index >= 15 is 0 Å². The van der Waals surface area contributed by atoms with Crippen molar-refractivity contribution in [1.29, 1.82) is 0 Å². The predicted octanol–water partition coefficient (Wildman–Crippen LogP) is 3.75. The van der Waals surface area contributed by atoms with E-state index in [2.05, 4.69) is 57.1 Å². The van der Waals surface area contributed by atoms with Crippen LogP contribution >= 0.6 is 11.3 Å². The van der Waals surface area contributed by atoms with Crippen LogP contribution in [0, 0.1) is 10.8 Å². The predicted molar refractivity (Wildman–Crippen MR) is 76.9 cm³/mol. The van der Waals surface area contributed by atoms with Crippen molar-refractivity contribution in [3.05, 3.63) is 10.0 Å². The summed E-state index contributed by atoms with van der Waals surface area (Å²) in [5, 5.41) is 14.6. The molecule has 0 radical (unpaired) electrons. The van der Waals surface area contributed by atoms with Gasteiger partial charge in [0.2, 0.25) is 0 Å². The van der Waals surface area contributed by atoms with E-state index in [9.17, 15) is 0 Å². The molecule has 1 aromatic rings. The van der Waals surface area contributed by atoms with Gasteiger partial charge in [-0.25, -0.2) is 0 Å². The first-order valence-corrected chi connectivity index (χ1v) is 7.70. The van der Waals surface area contributed by atoms with E-state index < -0.39 is 0 Å². The molecule has 1 N–H and O–H groups in total. The minimum absolute atomic E-state index is 0.321. The highest BCUT2D eigenvalue weighted by Crippen LogP contribution is 2.73. The molecule has 1 saturated carbocycles. The molecule has 0 bridgehead atoms. The quantitative estimate of drug-likeness (QED) is 0.883. The van der Waals surface area contributed by atoms with Gasteiger partial charge in [-0.2, -0.15) is 0 Å². The maximum Gasteiger partial charge on any atom is 0.134 e. The van der Waals surface area contributed by atoms with Gasteiger partial charge in [0.15, 0.2) is 0 Å². The van der Waals surface area contributed by atoms with Gasteiger partial charge in [0.25, 0.3) is 0 Å². The van der Waals surface area contributed by atoms with Gasteiger partial charge in [-0.1, -0.05) is 46.0 Å². The Morgan fingerprint density at radius 3 is 2.33 bits per heavy atom. The molecule has 0 aromatic carbocycles. The highest BCUT2D eigenvalue weighted by atomic mass is 32.1. The topological polar surface area (TPSA) is 37.8 Å². The van der Waals surface area contributed by atoms with E-state index in [4.69, 9.17) is 0 Å². The first-order valence-electron chi connectivity index (χ1n) is 6.89. The number of hydrogen-bond donors (Lipinski definition) is 1. The zero-order chi connectivity index (χ0) is 13.6. The zero-order valence-electron chi connectivity index (χ0n) is 12.4. The summed E-state index contributed by atoms with van der Waals surface area (Å²) in [6, 6.07) is 0.321. The zero-order valence-corrected chi connectivity index (χ0v) is 13.2. The lowest BCUT2D eigenvalue weighted by Crippen LogP contribution is -2.18. The molecule has 1 unspecified atom stereocenters. The highest BCUT2D eigenvalue weighted by Gasteiger charge is 2.66. The van der Waals surface area contributed by atoms with E-state index in [1.807, 2.05) is 0 Å². The van der Waals surface area contributed by atoms with Gasteiger partial charge in [0.1, 0.15) is 10.0 Å². The lowest BCUT2D eigenvalue weighted by atomic mass is 10.0. The van der Waals surface area contributed by atoms with Crippen LogP contribution in [0.4, 0.5) is 0 Å². The first-order chi connectivity index (χ1) is 8.32. The third kappa shape index (κ3) is 2.10. The van der Waals surface area contributed by atoms with Gasteiger partial charge in [0.05, 0.1) is 6.04 Å². The van der Waals surface area contributed by atoms with E-state index in [0.717, 1.165) is 18.0 Å². The fourth-order valence-corrected chi connectivity index (χ4v) is 4.14. The monoisotopic (exact) mass is 267 g/mol. The number of hydrogen-bond acceptors (Lipinski definition) is 4. The van der Waals surface area contributed by atoms with Crippen LogP contribution in [0.15, 0.2) is 0 Å². The Morgan fingerprint density at radius 1 is 1.22 bits per heavy atom. The molecule has 1 atom stereocenters. The molecule has 0 saturated heterocycles. The number of aromatic nitrogens is 2. The van der Waals surface area contributed by atoms with Gasteiger partial charge >= 0.3 is 0 Å². The Hall–Kier alpha value is -0.480. The summed E-state index contributed by atoms with van der Waals surface area (Å²) >= 11 is 1.78. The van der Waals surface area contributed by atoms with Crippen molar-refractivity contribution in [3.8, 4) is 0 Å². The molecule has 1 aliphatic carbocycles. The van der Waals surface area contributed by atoms with E-state index in [0.29, 0.717) is 22.8 Å². The van der Waals surface area contributed by atoms with Crippen LogP contribution in [0.2, 0.25) is 0 Å². The Labute approximate surface area is 114 Å². The second-order valence-corrected chi connectivity index (χ2v) is 7.57. The summed E-state index contributed by atoms with van der Waals surface area (Å²) in [6.45, 7) is 14.7. The SMILES string of the molecule is CCCNC(C)c1nnc(C2C(C)(C)C2(C)C)s1. The summed E-state index contributed by atoms with van der Waals surface area (Å²) in [6.07, 6.45) is 1.15. The van der Waals surface area contributed by atoms with E-state index in [-0.39, 0.29) is 0 Å². The largest absolute Gasteiger partial charge is 0.308 e. The average molecular weight is 267 g/mol. The molecule has 0 aliphatic heterocycles. The van der Waals surface area contributed by atoms with E-state index in [1.165, 1.54) is 5.01 Å². The van der Waals surface area contributed by atoms with Crippen molar-refractivity contribution in [2.75, 3.05) is 6.54 Å². The molecule has 0 amide bonds.